The van der Waals surface area contributed by atoms with E-state index in [1.54, 1.807) is 0 Å². The zero-order valence-electron chi connectivity index (χ0n) is 16.2. The highest BCUT2D eigenvalue weighted by Crippen LogP contribution is 2.53. The molecule has 2 aromatic rings. The van der Waals surface area contributed by atoms with Crippen molar-refractivity contribution in [2.75, 3.05) is 0 Å². The lowest BCUT2D eigenvalue weighted by Gasteiger charge is -2.51. The first-order valence-electron chi connectivity index (χ1n) is 9.21. The van der Waals surface area contributed by atoms with E-state index in [0.717, 1.165) is 24.3 Å². The van der Waals surface area contributed by atoms with Crippen molar-refractivity contribution in [3.8, 4) is 11.5 Å². The summed E-state index contributed by atoms with van der Waals surface area (Å²) in [6.45, 7) is 13.5. The fourth-order valence-corrected chi connectivity index (χ4v) is 4.70. The summed E-state index contributed by atoms with van der Waals surface area (Å²) in [4.78, 5) is 0. The van der Waals surface area contributed by atoms with Gasteiger partial charge in [-0.3, -0.25) is 0 Å². The monoisotopic (exact) mass is 336 g/mol. The van der Waals surface area contributed by atoms with Crippen LogP contribution in [0.25, 0.3) is 0 Å². The summed E-state index contributed by atoms with van der Waals surface area (Å²) in [5.74, 6) is 1.34. The maximum Gasteiger partial charge on any atom is 0.252 e. The Balaban J connectivity index is 1.83. The third-order valence-corrected chi connectivity index (χ3v) is 5.74. The lowest BCUT2D eigenvalue weighted by Crippen LogP contribution is -2.55. The molecule has 25 heavy (non-hydrogen) atoms. The number of ether oxygens (including phenoxy) is 2. The zero-order chi connectivity index (χ0) is 18.0. The van der Waals surface area contributed by atoms with Gasteiger partial charge < -0.3 is 9.47 Å². The number of benzene rings is 2. The molecular formula is C23H28O2. The number of aryl methyl sites for hydroxylation is 2. The van der Waals surface area contributed by atoms with Crippen LogP contribution in [0.2, 0.25) is 0 Å². The summed E-state index contributed by atoms with van der Waals surface area (Å²) in [7, 11) is 0. The highest BCUT2D eigenvalue weighted by Gasteiger charge is 2.53. The molecule has 1 atom stereocenters. The van der Waals surface area contributed by atoms with Crippen LogP contribution in [0.4, 0.5) is 0 Å². The van der Waals surface area contributed by atoms with Crippen molar-refractivity contribution in [1.29, 1.82) is 0 Å². The molecule has 0 bridgehead atoms. The van der Waals surface area contributed by atoms with Gasteiger partial charge in [0, 0.05) is 34.8 Å². The average molecular weight is 336 g/mol. The topological polar surface area (TPSA) is 18.5 Å². The quantitative estimate of drug-likeness (QED) is 0.603. The second-order valence-electron chi connectivity index (χ2n) is 9.24. The van der Waals surface area contributed by atoms with E-state index in [0.29, 0.717) is 0 Å². The van der Waals surface area contributed by atoms with E-state index in [1.807, 2.05) is 0 Å². The van der Waals surface area contributed by atoms with Gasteiger partial charge in [0.1, 0.15) is 11.5 Å². The Morgan fingerprint density at radius 3 is 1.96 bits per heavy atom. The van der Waals surface area contributed by atoms with Crippen LogP contribution in [0.15, 0.2) is 36.4 Å². The molecule has 2 nitrogen and oxygen atoms in total. The number of fused-ring (bicyclic) bond motifs is 2. The Morgan fingerprint density at radius 2 is 1.24 bits per heavy atom. The molecule has 0 fully saturated rings. The molecule has 0 aromatic heterocycles. The van der Waals surface area contributed by atoms with Gasteiger partial charge in [0.05, 0.1) is 0 Å². The van der Waals surface area contributed by atoms with Crippen molar-refractivity contribution < 1.29 is 9.47 Å². The van der Waals surface area contributed by atoms with Gasteiger partial charge >= 0.3 is 0 Å². The zero-order valence-corrected chi connectivity index (χ0v) is 16.2. The SMILES string of the molecule is Cc1ccc2c(c1)OC1(CC2(C)C)CC(C)(C)c2cc(C)ccc2O1. The van der Waals surface area contributed by atoms with Gasteiger partial charge in [0.15, 0.2) is 0 Å². The van der Waals surface area contributed by atoms with Gasteiger partial charge in [-0.2, -0.15) is 0 Å². The predicted molar refractivity (Wildman–Crippen MR) is 102 cm³/mol. The Labute approximate surface area is 151 Å². The molecule has 2 aliphatic rings. The Morgan fingerprint density at radius 1 is 0.680 bits per heavy atom. The second-order valence-corrected chi connectivity index (χ2v) is 9.24. The average Bonchev–Trinajstić information content (AvgIpc) is 2.46. The van der Waals surface area contributed by atoms with Crippen molar-refractivity contribution in [3.05, 3.63) is 58.7 Å². The summed E-state index contributed by atoms with van der Waals surface area (Å²) in [6.07, 6.45) is 1.71. The highest BCUT2D eigenvalue weighted by atomic mass is 16.7. The molecule has 2 aliphatic heterocycles. The largest absolute Gasteiger partial charge is 0.452 e. The lowest BCUT2D eigenvalue weighted by atomic mass is 9.69. The molecule has 0 radical (unpaired) electrons. The van der Waals surface area contributed by atoms with Crippen molar-refractivity contribution in [2.24, 2.45) is 0 Å². The molecule has 0 saturated heterocycles. The second kappa shape index (κ2) is 5.03. The maximum atomic E-state index is 6.58. The van der Waals surface area contributed by atoms with E-state index in [2.05, 4.69) is 77.9 Å². The summed E-state index contributed by atoms with van der Waals surface area (Å²) >= 11 is 0. The molecule has 0 aliphatic carbocycles. The Kier molecular flexibility index (Phi) is 3.32. The lowest BCUT2D eigenvalue weighted by molar-refractivity contribution is -0.166. The highest BCUT2D eigenvalue weighted by molar-refractivity contribution is 5.48. The molecule has 0 saturated carbocycles. The smallest absolute Gasteiger partial charge is 0.252 e. The van der Waals surface area contributed by atoms with Crippen LogP contribution in [-0.2, 0) is 10.8 Å². The molecule has 0 amide bonds. The summed E-state index contributed by atoms with van der Waals surface area (Å²) < 4.78 is 13.1. The third-order valence-electron chi connectivity index (χ3n) is 5.74. The maximum absolute atomic E-state index is 6.58. The molecule has 1 spiro atoms. The number of hydrogen-bond donors (Lipinski definition) is 0. The van der Waals surface area contributed by atoms with Crippen molar-refractivity contribution in [3.63, 3.8) is 0 Å². The van der Waals surface area contributed by atoms with E-state index < -0.39 is 5.79 Å². The minimum atomic E-state index is -0.601. The van der Waals surface area contributed by atoms with Gasteiger partial charge in [0.25, 0.3) is 5.79 Å². The molecular weight excluding hydrogens is 308 g/mol. The van der Waals surface area contributed by atoms with Crippen LogP contribution >= 0.6 is 0 Å². The van der Waals surface area contributed by atoms with Crippen molar-refractivity contribution >= 4 is 0 Å². The molecule has 2 heteroatoms. The van der Waals surface area contributed by atoms with E-state index in [1.165, 1.54) is 22.3 Å². The molecule has 132 valence electrons. The fraction of sp³-hybridized carbons (Fsp3) is 0.478. The van der Waals surface area contributed by atoms with E-state index >= 15 is 0 Å². The Bertz CT molecular complexity index is 847. The van der Waals surface area contributed by atoms with Crippen LogP contribution in [0, 0.1) is 13.8 Å². The van der Waals surface area contributed by atoms with Gasteiger partial charge in [-0.25, -0.2) is 0 Å². The van der Waals surface area contributed by atoms with Crippen LogP contribution in [0.3, 0.4) is 0 Å². The predicted octanol–water partition coefficient (Wildman–Crippen LogP) is 5.82. The molecule has 1 unspecified atom stereocenters. The van der Waals surface area contributed by atoms with Crippen molar-refractivity contribution in [1.82, 2.24) is 0 Å². The fourth-order valence-electron chi connectivity index (χ4n) is 4.70. The van der Waals surface area contributed by atoms with Gasteiger partial charge in [0.2, 0.25) is 0 Å². The Hall–Kier alpha value is -1.96. The van der Waals surface area contributed by atoms with Crippen LogP contribution in [0.5, 0.6) is 11.5 Å². The normalized spacial score (nSPS) is 25.5. The first kappa shape index (κ1) is 16.5. The van der Waals surface area contributed by atoms with Gasteiger partial charge in [-0.1, -0.05) is 57.5 Å². The minimum absolute atomic E-state index is 0.0109. The van der Waals surface area contributed by atoms with Crippen LogP contribution in [-0.4, -0.2) is 5.79 Å². The first-order chi connectivity index (χ1) is 11.6. The number of hydrogen-bond acceptors (Lipinski definition) is 2. The summed E-state index contributed by atoms with van der Waals surface area (Å²) in [5, 5.41) is 0. The molecule has 0 N–H and O–H groups in total. The minimum Gasteiger partial charge on any atom is -0.452 e. The molecule has 2 heterocycles. The van der Waals surface area contributed by atoms with Crippen molar-refractivity contribution in [2.45, 2.75) is 71.0 Å². The van der Waals surface area contributed by atoms with E-state index in [9.17, 15) is 0 Å². The van der Waals surface area contributed by atoms with E-state index in [4.69, 9.17) is 9.47 Å². The summed E-state index contributed by atoms with van der Waals surface area (Å²) in [6, 6.07) is 13.0. The molecule has 2 aromatic carbocycles. The van der Waals surface area contributed by atoms with Gasteiger partial charge in [-0.05, 0) is 31.5 Å². The van der Waals surface area contributed by atoms with Gasteiger partial charge in [-0.15, -0.1) is 0 Å². The van der Waals surface area contributed by atoms with Crippen LogP contribution < -0.4 is 9.47 Å². The molecule has 4 rings (SSSR count). The van der Waals surface area contributed by atoms with E-state index in [-0.39, 0.29) is 10.8 Å². The third kappa shape index (κ3) is 2.63. The summed E-state index contributed by atoms with van der Waals surface area (Å²) in [5.41, 5.74) is 5.08. The number of rotatable bonds is 0. The standard InChI is InChI=1S/C23H28O2/c1-15-8-10-19-18(11-15)22(5,6)14-23(24-19)13-21(3,4)17-9-7-16(2)12-20(17)25-23/h7-12H,13-14H2,1-6H3. The van der Waals surface area contributed by atoms with Crippen LogP contribution in [0.1, 0.15) is 62.8 Å². The first-order valence-corrected chi connectivity index (χ1v) is 9.21.